The Kier molecular flexibility index (Phi) is 3.96. The van der Waals surface area contributed by atoms with Crippen molar-refractivity contribution in [3.05, 3.63) is 29.0 Å². The molecule has 2 aromatic rings. The van der Waals surface area contributed by atoms with Gasteiger partial charge in [-0.15, -0.1) is 11.6 Å². The number of hydrogen-bond donors (Lipinski definition) is 0. The van der Waals surface area contributed by atoms with E-state index in [1.807, 2.05) is 19.1 Å². The Morgan fingerprint density at radius 1 is 1.30 bits per heavy atom. The predicted molar refractivity (Wildman–Crippen MR) is 85.7 cm³/mol. The lowest BCUT2D eigenvalue weighted by Gasteiger charge is -2.32. The van der Waals surface area contributed by atoms with Crippen LogP contribution in [0.2, 0.25) is 5.02 Å². The van der Waals surface area contributed by atoms with Gasteiger partial charge in [-0.25, -0.2) is 4.98 Å². The second kappa shape index (κ2) is 5.57. The summed E-state index contributed by atoms with van der Waals surface area (Å²) in [6.45, 7) is 4.32. The Morgan fingerprint density at radius 2 is 2.05 bits per heavy atom. The van der Waals surface area contributed by atoms with E-state index < -0.39 is 0 Å². The van der Waals surface area contributed by atoms with Gasteiger partial charge in [0.05, 0.1) is 15.9 Å². The molecule has 1 heterocycles. The Balaban J connectivity index is 2.21. The summed E-state index contributed by atoms with van der Waals surface area (Å²) >= 11 is 12.7. The first-order chi connectivity index (χ1) is 9.59. The Morgan fingerprint density at radius 3 is 2.75 bits per heavy atom. The first-order valence-electron chi connectivity index (χ1n) is 7.40. The molecule has 0 saturated heterocycles. The first kappa shape index (κ1) is 14.2. The quantitative estimate of drug-likeness (QED) is 0.647. The van der Waals surface area contributed by atoms with Crippen LogP contribution in [-0.4, -0.2) is 9.55 Å². The van der Waals surface area contributed by atoms with Crippen LogP contribution in [0.1, 0.15) is 56.8 Å². The van der Waals surface area contributed by atoms with Crippen molar-refractivity contribution in [1.82, 2.24) is 9.55 Å². The normalized spacial score (nSPS) is 25.0. The van der Waals surface area contributed by atoms with Crippen LogP contribution in [-0.2, 0) is 0 Å². The second-order valence-corrected chi connectivity index (χ2v) is 6.95. The van der Waals surface area contributed by atoms with Crippen molar-refractivity contribution in [3.8, 4) is 0 Å². The lowest BCUT2D eigenvalue weighted by atomic mass is 9.85. The van der Waals surface area contributed by atoms with Crippen LogP contribution in [0.4, 0.5) is 0 Å². The van der Waals surface area contributed by atoms with Crippen LogP contribution >= 0.6 is 23.2 Å². The zero-order valence-electron chi connectivity index (χ0n) is 11.9. The van der Waals surface area contributed by atoms with Crippen molar-refractivity contribution in [2.75, 3.05) is 0 Å². The average Bonchev–Trinajstić information content (AvgIpc) is 2.80. The Labute approximate surface area is 130 Å². The molecular weight excluding hydrogens is 291 g/mol. The van der Waals surface area contributed by atoms with Crippen molar-refractivity contribution < 1.29 is 0 Å². The highest BCUT2D eigenvalue weighted by Crippen LogP contribution is 2.39. The molecule has 2 nitrogen and oxygen atoms in total. The molecular formula is C16H20Cl2N2. The van der Waals surface area contributed by atoms with Gasteiger partial charge in [-0.2, -0.15) is 0 Å². The molecule has 0 amide bonds. The maximum absolute atomic E-state index is 6.37. The molecule has 20 heavy (non-hydrogen) atoms. The lowest BCUT2D eigenvalue weighted by molar-refractivity contribution is 0.257. The number of nitrogens with zero attached hydrogens (tertiary/aromatic N) is 2. The maximum Gasteiger partial charge on any atom is 0.128 e. The van der Waals surface area contributed by atoms with E-state index in [0.717, 1.165) is 16.9 Å². The molecule has 0 bridgehead atoms. The van der Waals surface area contributed by atoms with Gasteiger partial charge in [-0.3, -0.25) is 0 Å². The summed E-state index contributed by atoms with van der Waals surface area (Å²) in [5.74, 6) is 1.61. The fourth-order valence-corrected chi connectivity index (χ4v) is 3.78. The van der Waals surface area contributed by atoms with E-state index in [1.54, 1.807) is 0 Å². The third-order valence-corrected chi connectivity index (χ3v) is 4.95. The van der Waals surface area contributed by atoms with Gasteiger partial charge in [0.15, 0.2) is 0 Å². The third kappa shape index (κ3) is 2.33. The molecule has 108 valence electrons. The molecule has 0 N–H and O–H groups in total. The number of halogens is 2. The molecule has 0 radical (unpaired) electrons. The summed E-state index contributed by atoms with van der Waals surface area (Å²) in [6.07, 6.45) is 5.10. The van der Waals surface area contributed by atoms with Crippen LogP contribution in [0, 0.1) is 5.92 Å². The first-order valence-corrected chi connectivity index (χ1v) is 8.21. The molecule has 3 unspecified atom stereocenters. The molecule has 0 aliphatic heterocycles. The Hall–Kier alpha value is -0.730. The minimum absolute atomic E-state index is 0.104. The van der Waals surface area contributed by atoms with Gasteiger partial charge >= 0.3 is 0 Å². The molecule has 1 aliphatic carbocycles. The molecule has 3 rings (SSSR count). The van der Waals surface area contributed by atoms with Crippen molar-refractivity contribution in [2.45, 2.75) is 50.9 Å². The fraction of sp³-hybridized carbons (Fsp3) is 0.562. The predicted octanol–water partition coefficient (Wildman–Crippen LogP) is 5.74. The monoisotopic (exact) mass is 310 g/mol. The highest BCUT2D eigenvalue weighted by atomic mass is 35.5. The number of para-hydroxylation sites is 1. The van der Waals surface area contributed by atoms with Crippen molar-refractivity contribution >= 4 is 34.2 Å². The van der Waals surface area contributed by atoms with Gasteiger partial charge in [-0.05, 0) is 37.8 Å². The van der Waals surface area contributed by atoms with E-state index in [4.69, 9.17) is 28.2 Å². The number of imidazole rings is 1. The molecule has 1 aliphatic rings. The Bertz CT molecular complexity index is 618. The average molecular weight is 311 g/mol. The summed E-state index contributed by atoms with van der Waals surface area (Å²) < 4.78 is 2.35. The maximum atomic E-state index is 6.37. The van der Waals surface area contributed by atoms with Gasteiger partial charge in [0.2, 0.25) is 0 Å². The smallest absolute Gasteiger partial charge is 0.128 e. The summed E-state index contributed by atoms with van der Waals surface area (Å²) in [4.78, 5) is 4.72. The number of alkyl halides is 1. The van der Waals surface area contributed by atoms with Gasteiger partial charge in [0.1, 0.15) is 11.3 Å². The second-order valence-electron chi connectivity index (χ2n) is 5.89. The SMILES string of the molecule is CC(Cl)c1nc2c(Cl)cccc2n1C1CCCCC1C. The largest absolute Gasteiger partial charge is 0.323 e. The van der Waals surface area contributed by atoms with Gasteiger partial charge in [0.25, 0.3) is 0 Å². The molecule has 1 fully saturated rings. The van der Waals surface area contributed by atoms with Crippen LogP contribution in [0.5, 0.6) is 0 Å². The zero-order valence-corrected chi connectivity index (χ0v) is 13.5. The minimum Gasteiger partial charge on any atom is -0.323 e. The van der Waals surface area contributed by atoms with E-state index in [2.05, 4.69) is 17.6 Å². The molecule has 3 atom stereocenters. The molecule has 1 aromatic carbocycles. The van der Waals surface area contributed by atoms with Crippen LogP contribution in [0.15, 0.2) is 18.2 Å². The molecule has 1 saturated carbocycles. The molecule has 1 aromatic heterocycles. The summed E-state index contributed by atoms with van der Waals surface area (Å²) in [7, 11) is 0. The standard InChI is InChI=1S/C16H20Cl2N2/c1-10-6-3-4-8-13(10)20-14-9-5-7-12(18)15(14)19-16(20)11(2)17/h5,7,9-11,13H,3-4,6,8H2,1-2H3. The fourth-order valence-electron chi connectivity index (χ4n) is 3.41. The van der Waals surface area contributed by atoms with Crippen molar-refractivity contribution in [3.63, 3.8) is 0 Å². The van der Waals surface area contributed by atoms with Crippen molar-refractivity contribution in [1.29, 1.82) is 0 Å². The van der Waals surface area contributed by atoms with Crippen molar-refractivity contribution in [2.24, 2.45) is 5.92 Å². The molecule has 0 spiro atoms. The highest BCUT2D eigenvalue weighted by Gasteiger charge is 2.28. The van der Waals surface area contributed by atoms with Gasteiger partial charge < -0.3 is 4.57 Å². The number of hydrogen-bond acceptors (Lipinski definition) is 1. The van der Waals surface area contributed by atoms with E-state index in [9.17, 15) is 0 Å². The number of fused-ring (bicyclic) bond motifs is 1. The molecule has 4 heteroatoms. The van der Waals surface area contributed by atoms with Crippen LogP contribution in [0.25, 0.3) is 11.0 Å². The topological polar surface area (TPSA) is 17.8 Å². The number of benzene rings is 1. The van der Waals surface area contributed by atoms with E-state index in [-0.39, 0.29) is 5.38 Å². The summed E-state index contributed by atoms with van der Waals surface area (Å²) in [5.41, 5.74) is 2.01. The summed E-state index contributed by atoms with van der Waals surface area (Å²) in [5, 5.41) is 0.607. The minimum atomic E-state index is -0.104. The third-order valence-electron chi connectivity index (χ3n) is 4.45. The van der Waals surface area contributed by atoms with Gasteiger partial charge in [-0.1, -0.05) is 37.4 Å². The zero-order chi connectivity index (χ0) is 14.3. The van der Waals surface area contributed by atoms with E-state index in [0.29, 0.717) is 17.0 Å². The highest BCUT2D eigenvalue weighted by molar-refractivity contribution is 6.35. The van der Waals surface area contributed by atoms with Crippen LogP contribution < -0.4 is 0 Å². The van der Waals surface area contributed by atoms with E-state index >= 15 is 0 Å². The number of rotatable bonds is 2. The van der Waals surface area contributed by atoms with Crippen LogP contribution in [0.3, 0.4) is 0 Å². The van der Waals surface area contributed by atoms with Gasteiger partial charge in [0, 0.05) is 6.04 Å². The van der Waals surface area contributed by atoms with E-state index in [1.165, 1.54) is 25.7 Å². The lowest BCUT2D eigenvalue weighted by Crippen LogP contribution is -2.23. The number of aromatic nitrogens is 2. The summed E-state index contributed by atoms with van der Waals surface area (Å²) in [6, 6.07) is 6.49.